The highest BCUT2D eigenvalue weighted by Gasteiger charge is 2.18. The van der Waals surface area contributed by atoms with Gasteiger partial charge in [-0.3, -0.25) is 4.79 Å². The fourth-order valence-electron chi connectivity index (χ4n) is 2.85. The highest BCUT2D eigenvalue weighted by Crippen LogP contribution is 2.29. The second-order valence-electron chi connectivity index (χ2n) is 6.17. The van der Waals surface area contributed by atoms with Crippen LogP contribution in [0.1, 0.15) is 16.1 Å². The first-order valence-corrected chi connectivity index (χ1v) is 10.2. The van der Waals surface area contributed by atoms with Crippen LogP contribution >= 0.6 is 11.8 Å². The molecule has 0 bridgehead atoms. The van der Waals surface area contributed by atoms with Gasteiger partial charge in [0.15, 0.2) is 5.82 Å². The Morgan fingerprint density at radius 2 is 1.93 bits per heavy atom. The number of carbonyl (C=O) groups is 1. The zero-order valence-electron chi connectivity index (χ0n) is 15.2. The summed E-state index contributed by atoms with van der Waals surface area (Å²) < 4.78 is 11.2. The van der Waals surface area contributed by atoms with Crippen LogP contribution in [0.4, 0.5) is 5.82 Å². The van der Waals surface area contributed by atoms with Crippen molar-refractivity contribution in [2.24, 2.45) is 0 Å². The van der Waals surface area contributed by atoms with Crippen LogP contribution in [-0.2, 0) is 6.54 Å². The molecule has 0 spiro atoms. The van der Waals surface area contributed by atoms with E-state index in [1.54, 1.807) is 49.0 Å². The molecule has 0 atom stereocenters. The molecule has 1 aliphatic rings. The Kier molecular flexibility index (Phi) is 5.77. The summed E-state index contributed by atoms with van der Waals surface area (Å²) in [5.41, 5.74) is 0.548. The second kappa shape index (κ2) is 8.79. The largest absolute Gasteiger partial charge is 0.467 e. The molecule has 1 aliphatic heterocycles. The first-order valence-electron chi connectivity index (χ1n) is 9.02. The van der Waals surface area contributed by atoms with E-state index in [9.17, 15) is 4.79 Å². The molecule has 1 amide bonds. The zero-order chi connectivity index (χ0) is 19.2. The molecule has 144 valence electrons. The number of anilines is 1. The summed E-state index contributed by atoms with van der Waals surface area (Å²) in [6.45, 7) is 2.20. The van der Waals surface area contributed by atoms with Gasteiger partial charge in [-0.15, -0.1) is 0 Å². The number of rotatable bonds is 6. The molecule has 7 nitrogen and oxygen atoms in total. The minimum atomic E-state index is -0.172. The Morgan fingerprint density at radius 3 is 2.68 bits per heavy atom. The topological polar surface area (TPSA) is 80.5 Å². The van der Waals surface area contributed by atoms with Gasteiger partial charge in [-0.2, -0.15) is 11.8 Å². The SMILES string of the molecule is O=C(NCc1ccco1)c1ccc(Oc2nccnc2N2CCSCC2)cc1. The van der Waals surface area contributed by atoms with Crippen LogP contribution in [0.5, 0.6) is 11.6 Å². The number of ether oxygens (including phenoxy) is 1. The third-order valence-electron chi connectivity index (χ3n) is 4.29. The van der Waals surface area contributed by atoms with E-state index in [1.807, 2.05) is 17.8 Å². The molecule has 8 heteroatoms. The third kappa shape index (κ3) is 4.45. The van der Waals surface area contributed by atoms with Crippen LogP contribution < -0.4 is 15.0 Å². The van der Waals surface area contributed by atoms with E-state index >= 15 is 0 Å². The van der Waals surface area contributed by atoms with Gasteiger partial charge in [-0.25, -0.2) is 9.97 Å². The lowest BCUT2D eigenvalue weighted by Crippen LogP contribution is -2.33. The lowest BCUT2D eigenvalue weighted by molar-refractivity contribution is 0.0948. The fourth-order valence-corrected chi connectivity index (χ4v) is 3.75. The molecule has 3 aromatic rings. The van der Waals surface area contributed by atoms with Crippen molar-refractivity contribution in [3.8, 4) is 11.6 Å². The van der Waals surface area contributed by atoms with Gasteiger partial charge in [-0.05, 0) is 36.4 Å². The van der Waals surface area contributed by atoms with E-state index < -0.39 is 0 Å². The Bertz CT molecular complexity index is 909. The minimum Gasteiger partial charge on any atom is -0.467 e. The molecule has 0 radical (unpaired) electrons. The van der Waals surface area contributed by atoms with Crippen molar-refractivity contribution in [3.63, 3.8) is 0 Å². The van der Waals surface area contributed by atoms with Gasteiger partial charge in [0.2, 0.25) is 0 Å². The molecule has 28 heavy (non-hydrogen) atoms. The number of nitrogens with zero attached hydrogens (tertiary/aromatic N) is 3. The number of hydrogen-bond donors (Lipinski definition) is 1. The average molecular weight is 396 g/mol. The molecular weight excluding hydrogens is 376 g/mol. The molecule has 0 saturated carbocycles. The summed E-state index contributed by atoms with van der Waals surface area (Å²) in [6.07, 6.45) is 4.88. The van der Waals surface area contributed by atoms with Crippen LogP contribution in [0.3, 0.4) is 0 Å². The number of hydrogen-bond acceptors (Lipinski definition) is 7. The normalized spacial score (nSPS) is 13.9. The summed E-state index contributed by atoms with van der Waals surface area (Å²) >= 11 is 1.94. The fraction of sp³-hybridized carbons (Fsp3) is 0.250. The first-order chi connectivity index (χ1) is 13.8. The maximum Gasteiger partial charge on any atom is 0.263 e. The molecule has 2 aromatic heterocycles. The Balaban J connectivity index is 1.41. The molecule has 0 unspecified atom stereocenters. The molecule has 1 N–H and O–H groups in total. The highest BCUT2D eigenvalue weighted by molar-refractivity contribution is 7.99. The van der Waals surface area contributed by atoms with E-state index in [0.29, 0.717) is 29.5 Å². The van der Waals surface area contributed by atoms with Gasteiger partial charge in [-0.1, -0.05) is 0 Å². The molecule has 1 aromatic carbocycles. The van der Waals surface area contributed by atoms with E-state index in [2.05, 4.69) is 20.2 Å². The second-order valence-corrected chi connectivity index (χ2v) is 7.40. The number of nitrogens with one attached hydrogen (secondary N) is 1. The monoisotopic (exact) mass is 396 g/mol. The van der Waals surface area contributed by atoms with Crippen molar-refractivity contribution in [2.45, 2.75) is 6.54 Å². The first kappa shape index (κ1) is 18.4. The number of aromatic nitrogens is 2. The van der Waals surface area contributed by atoms with Gasteiger partial charge in [0.05, 0.1) is 12.8 Å². The van der Waals surface area contributed by atoms with Crippen LogP contribution in [0.25, 0.3) is 0 Å². The van der Waals surface area contributed by atoms with E-state index in [1.165, 1.54) is 0 Å². The van der Waals surface area contributed by atoms with Crippen molar-refractivity contribution < 1.29 is 13.9 Å². The van der Waals surface area contributed by atoms with Crippen molar-refractivity contribution in [1.29, 1.82) is 0 Å². The predicted molar refractivity (Wildman–Crippen MR) is 108 cm³/mol. The summed E-state index contributed by atoms with van der Waals surface area (Å²) in [5, 5.41) is 2.82. The Labute approximate surface area is 167 Å². The molecule has 0 aliphatic carbocycles. The van der Waals surface area contributed by atoms with Gasteiger partial charge >= 0.3 is 0 Å². The van der Waals surface area contributed by atoms with Crippen LogP contribution in [0, 0.1) is 0 Å². The van der Waals surface area contributed by atoms with Crippen LogP contribution in [-0.4, -0.2) is 40.5 Å². The van der Waals surface area contributed by atoms with Crippen molar-refractivity contribution >= 4 is 23.5 Å². The summed E-state index contributed by atoms with van der Waals surface area (Å²) in [6, 6.07) is 10.6. The lowest BCUT2D eigenvalue weighted by Gasteiger charge is -2.28. The van der Waals surface area contributed by atoms with Crippen LogP contribution in [0.2, 0.25) is 0 Å². The molecular formula is C20H20N4O3S. The van der Waals surface area contributed by atoms with E-state index in [0.717, 1.165) is 30.4 Å². The lowest BCUT2D eigenvalue weighted by atomic mass is 10.2. The third-order valence-corrected chi connectivity index (χ3v) is 5.23. The predicted octanol–water partition coefficient (Wildman–Crippen LogP) is 3.35. The maximum atomic E-state index is 12.2. The molecule has 1 fully saturated rings. The maximum absolute atomic E-state index is 12.2. The summed E-state index contributed by atoms with van der Waals surface area (Å²) in [7, 11) is 0. The Morgan fingerprint density at radius 1 is 1.14 bits per heavy atom. The van der Waals surface area contributed by atoms with Crippen molar-refractivity contribution in [1.82, 2.24) is 15.3 Å². The summed E-state index contributed by atoms with van der Waals surface area (Å²) in [5.74, 6) is 4.51. The number of carbonyl (C=O) groups excluding carboxylic acids is 1. The number of benzene rings is 1. The zero-order valence-corrected chi connectivity index (χ0v) is 16.0. The van der Waals surface area contributed by atoms with Crippen molar-refractivity contribution in [2.75, 3.05) is 29.5 Å². The molecule has 1 saturated heterocycles. The van der Waals surface area contributed by atoms with Gasteiger partial charge in [0.1, 0.15) is 11.5 Å². The van der Waals surface area contributed by atoms with E-state index in [4.69, 9.17) is 9.15 Å². The average Bonchev–Trinajstić information content (AvgIpc) is 3.27. The van der Waals surface area contributed by atoms with Crippen LogP contribution in [0.15, 0.2) is 59.5 Å². The van der Waals surface area contributed by atoms with E-state index in [-0.39, 0.29) is 5.91 Å². The van der Waals surface area contributed by atoms with Gasteiger partial charge in [0.25, 0.3) is 11.8 Å². The summed E-state index contributed by atoms with van der Waals surface area (Å²) in [4.78, 5) is 23.2. The Hall–Kier alpha value is -3.00. The quantitative estimate of drug-likeness (QED) is 0.684. The van der Waals surface area contributed by atoms with Gasteiger partial charge < -0.3 is 19.4 Å². The standard InChI is InChI=1S/C20H20N4O3S/c25-19(23-14-17-2-1-11-26-17)15-3-5-16(6-4-15)27-20-18(21-7-8-22-20)24-9-12-28-13-10-24/h1-8,11H,9-10,12-14H2,(H,23,25). The minimum absolute atomic E-state index is 0.172. The molecule has 4 rings (SSSR count). The molecule has 3 heterocycles. The van der Waals surface area contributed by atoms with Gasteiger partial charge in [0, 0.05) is 42.6 Å². The number of furan rings is 1. The number of thioether (sulfide) groups is 1. The number of amides is 1. The smallest absolute Gasteiger partial charge is 0.263 e. The van der Waals surface area contributed by atoms with Crippen molar-refractivity contribution in [3.05, 3.63) is 66.4 Å². The highest BCUT2D eigenvalue weighted by atomic mass is 32.2.